The molecule has 2 rings (SSSR count). The molecule has 0 radical (unpaired) electrons. The van der Waals surface area contributed by atoms with Crippen molar-refractivity contribution in [2.45, 2.75) is 38.9 Å². The standard InChI is InChI=1S/C16H28N4/c1-4-17-11-14-7-5-8-15(18-14)12-20(3)16-9-6-10-19(2)13-16/h5,7-8,16-17H,4,6,9-13H2,1-3H3. The summed E-state index contributed by atoms with van der Waals surface area (Å²) in [5.74, 6) is 0. The monoisotopic (exact) mass is 276 g/mol. The van der Waals surface area contributed by atoms with Crippen molar-refractivity contribution in [1.82, 2.24) is 20.1 Å². The number of nitrogens with zero attached hydrogens (tertiary/aromatic N) is 3. The van der Waals surface area contributed by atoms with Gasteiger partial charge >= 0.3 is 0 Å². The van der Waals surface area contributed by atoms with Crippen molar-refractivity contribution in [2.75, 3.05) is 33.7 Å². The van der Waals surface area contributed by atoms with Gasteiger partial charge in [0.25, 0.3) is 0 Å². The normalized spacial score (nSPS) is 20.5. The molecule has 0 saturated carbocycles. The number of hydrogen-bond donors (Lipinski definition) is 1. The number of likely N-dealkylation sites (tertiary alicyclic amines) is 1. The summed E-state index contributed by atoms with van der Waals surface area (Å²) in [5, 5.41) is 3.33. The third-order valence-electron chi connectivity index (χ3n) is 4.05. The van der Waals surface area contributed by atoms with Crippen molar-refractivity contribution in [3.05, 3.63) is 29.6 Å². The summed E-state index contributed by atoms with van der Waals surface area (Å²) in [6, 6.07) is 7.02. The molecule has 1 N–H and O–H groups in total. The van der Waals surface area contributed by atoms with Crippen LogP contribution in [0.15, 0.2) is 18.2 Å². The summed E-state index contributed by atoms with van der Waals surface area (Å²) in [5.41, 5.74) is 2.31. The van der Waals surface area contributed by atoms with Crippen LogP contribution in [0.3, 0.4) is 0 Å². The predicted octanol–water partition coefficient (Wildman–Crippen LogP) is 1.72. The first-order valence-corrected chi connectivity index (χ1v) is 7.73. The maximum Gasteiger partial charge on any atom is 0.0547 e. The van der Waals surface area contributed by atoms with Crippen molar-refractivity contribution in [3.63, 3.8) is 0 Å². The number of piperidine rings is 1. The van der Waals surface area contributed by atoms with Gasteiger partial charge in [-0.3, -0.25) is 9.88 Å². The first-order valence-electron chi connectivity index (χ1n) is 7.73. The number of rotatable bonds is 6. The maximum absolute atomic E-state index is 4.75. The number of nitrogens with one attached hydrogen (secondary N) is 1. The lowest BCUT2D eigenvalue weighted by atomic mass is 10.0. The topological polar surface area (TPSA) is 31.4 Å². The van der Waals surface area contributed by atoms with Gasteiger partial charge in [-0.25, -0.2) is 0 Å². The van der Waals surface area contributed by atoms with E-state index in [0.29, 0.717) is 6.04 Å². The molecule has 1 unspecified atom stereocenters. The maximum atomic E-state index is 4.75. The Morgan fingerprint density at radius 3 is 2.95 bits per heavy atom. The van der Waals surface area contributed by atoms with Gasteiger partial charge in [0.1, 0.15) is 0 Å². The molecule has 4 nitrogen and oxygen atoms in total. The van der Waals surface area contributed by atoms with Crippen LogP contribution in [0.5, 0.6) is 0 Å². The fourth-order valence-corrected chi connectivity index (χ4v) is 2.85. The molecule has 1 aromatic heterocycles. The first kappa shape index (κ1) is 15.4. The van der Waals surface area contributed by atoms with Gasteiger partial charge in [0.05, 0.1) is 11.4 Å². The smallest absolute Gasteiger partial charge is 0.0547 e. The van der Waals surface area contributed by atoms with Crippen LogP contribution >= 0.6 is 0 Å². The summed E-state index contributed by atoms with van der Waals surface area (Å²) in [6.07, 6.45) is 2.61. The second-order valence-corrected chi connectivity index (χ2v) is 5.87. The zero-order valence-corrected chi connectivity index (χ0v) is 13.1. The molecule has 0 spiro atoms. The molecule has 0 aliphatic carbocycles. The van der Waals surface area contributed by atoms with Crippen LogP contribution in [-0.2, 0) is 13.1 Å². The van der Waals surface area contributed by atoms with Crippen LogP contribution in [0.25, 0.3) is 0 Å². The zero-order valence-electron chi connectivity index (χ0n) is 13.1. The molecule has 1 aliphatic rings. The highest BCUT2D eigenvalue weighted by Crippen LogP contribution is 2.15. The third-order valence-corrected chi connectivity index (χ3v) is 4.05. The SMILES string of the molecule is CCNCc1cccc(CN(C)C2CCCN(C)C2)n1. The molecule has 0 bridgehead atoms. The van der Waals surface area contributed by atoms with Gasteiger partial charge in [0.2, 0.25) is 0 Å². The van der Waals surface area contributed by atoms with E-state index in [2.05, 4.69) is 54.3 Å². The number of aromatic nitrogens is 1. The van der Waals surface area contributed by atoms with Crippen LogP contribution < -0.4 is 5.32 Å². The highest BCUT2D eigenvalue weighted by atomic mass is 15.2. The highest BCUT2D eigenvalue weighted by Gasteiger charge is 2.21. The molecule has 0 aromatic carbocycles. The molecule has 112 valence electrons. The van der Waals surface area contributed by atoms with Crippen LogP contribution in [0.2, 0.25) is 0 Å². The molecule has 1 saturated heterocycles. The van der Waals surface area contributed by atoms with Crippen LogP contribution in [0, 0.1) is 0 Å². The fourth-order valence-electron chi connectivity index (χ4n) is 2.85. The summed E-state index contributed by atoms with van der Waals surface area (Å²) < 4.78 is 0. The van der Waals surface area contributed by atoms with Crippen molar-refractivity contribution in [1.29, 1.82) is 0 Å². The average molecular weight is 276 g/mol. The fraction of sp³-hybridized carbons (Fsp3) is 0.688. The molecule has 1 atom stereocenters. The van der Waals surface area contributed by atoms with Crippen molar-refractivity contribution in [2.24, 2.45) is 0 Å². The van der Waals surface area contributed by atoms with Gasteiger partial charge in [-0.05, 0) is 52.2 Å². The summed E-state index contributed by atoms with van der Waals surface area (Å²) in [4.78, 5) is 9.63. The van der Waals surface area contributed by atoms with Crippen LogP contribution in [0.1, 0.15) is 31.2 Å². The zero-order chi connectivity index (χ0) is 14.4. The molecule has 1 fully saturated rings. The van der Waals surface area contributed by atoms with E-state index in [1.54, 1.807) is 0 Å². The minimum atomic E-state index is 0.660. The van der Waals surface area contributed by atoms with Gasteiger partial charge in [-0.1, -0.05) is 13.0 Å². The van der Waals surface area contributed by atoms with E-state index in [0.717, 1.165) is 25.3 Å². The Balaban J connectivity index is 1.91. The molecule has 0 amide bonds. The van der Waals surface area contributed by atoms with Crippen molar-refractivity contribution >= 4 is 0 Å². The molecule has 1 aromatic rings. The van der Waals surface area contributed by atoms with Crippen molar-refractivity contribution < 1.29 is 0 Å². The summed E-state index contributed by atoms with van der Waals surface area (Å²) in [6.45, 7) is 7.32. The third kappa shape index (κ3) is 4.54. The average Bonchev–Trinajstić information content (AvgIpc) is 2.45. The number of likely N-dealkylation sites (N-methyl/N-ethyl adjacent to an activating group) is 2. The predicted molar refractivity (Wildman–Crippen MR) is 83.6 cm³/mol. The largest absolute Gasteiger partial charge is 0.311 e. The van der Waals surface area contributed by atoms with E-state index in [9.17, 15) is 0 Å². The first-order chi connectivity index (χ1) is 9.69. The quantitative estimate of drug-likeness (QED) is 0.857. The summed E-state index contributed by atoms with van der Waals surface area (Å²) >= 11 is 0. The minimum absolute atomic E-state index is 0.660. The van der Waals surface area contributed by atoms with Gasteiger partial charge in [-0.2, -0.15) is 0 Å². The van der Waals surface area contributed by atoms with Gasteiger partial charge < -0.3 is 10.2 Å². The lowest BCUT2D eigenvalue weighted by Gasteiger charge is -2.35. The van der Waals surface area contributed by atoms with Crippen molar-refractivity contribution in [3.8, 4) is 0 Å². The molecule has 4 heteroatoms. The molecule has 1 aliphatic heterocycles. The Morgan fingerprint density at radius 1 is 1.40 bits per heavy atom. The van der Waals surface area contributed by atoms with E-state index >= 15 is 0 Å². The summed E-state index contributed by atoms with van der Waals surface area (Å²) in [7, 11) is 4.44. The van der Waals surface area contributed by atoms with Crippen LogP contribution in [0.4, 0.5) is 0 Å². The molecule has 2 heterocycles. The Labute approximate surface area is 123 Å². The van der Waals surface area contributed by atoms with E-state index < -0.39 is 0 Å². The van der Waals surface area contributed by atoms with E-state index in [-0.39, 0.29) is 0 Å². The molecule has 20 heavy (non-hydrogen) atoms. The lowest BCUT2D eigenvalue weighted by molar-refractivity contribution is 0.128. The lowest BCUT2D eigenvalue weighted by Crippen LogP contribution is -2.44. The molecular weight excluding hydrogens is 248 g/mol. The van der Waals surface area contributed by atoms with Gasteiger partial charge in [-0.15, -0.1) is 0 Å². The van der Waals surface area contributed by atoms with E-state index in [1.807, 2.05) is 0 Å². The Bertz CT molecular complexity index is 407. The Morgan fingerprint density at radius 2 is 2.20 bits per heavy atom. The number of pyridine rings is 1. The highest BCUT2D eigenvalue weighted by molar-refractivity contribution is 5.11. The van der Waals surface area contributed by atoms with Crippen LogP contribution in [-0.4, -0.2) is 54.6 Å². The number of hydrogen-bond acceptors (Lipinski definition) is 4. The van der Waals surface area contributed by atoms with Gasteiger partial charge in [0.15, 0.2) is 0 Å². The van der Waals surface area contributed by atoms with Gasteiger partial charge in [0, 0.05) is 25.7 Å². The second kappa shape index (κ2) is 7.72. The Hall–Kier alpha value is -0.970. The van der Waals surface area contributed by atoms with E-state index in [4.69, 9.17) is 4.98 Å². The second-order valence-electron chi connectivity index (χ2n) is 5.87. The molecular formula is C16H28N4. The minimum Gasteiger partial charge on any atom is -0.311 e. The van der Waals surface area contributed by atoms with E-state index in [1.165, 1.54) is 31.6 Å². The Kier molecular flexibility index (Phi) is 5.95.